The molecule has 1 atom stereocenters. The van der Waals surface area contributed by atoms with Gasteiger partial charge in [-0.3, -0.25) is 4.79 Å². The van der Waals surface area contributed by atoms with Crippen molar-refractivity contribution < 1.29 is 4.79 Å². The maximum Gasteiger partial charge on any atom is 0.237 e. The van der Waals surface area contributed by atoms with E-state index in [9.17, 15) is 4.79 Å². The van der Waals surface area contributed by atoms with E-state index in [0.717, 1.165) is 23.1 Å². The van der Waals surface area contributed by atoms with E-state index in [4.69, 9.17) is 0 Å². The molecular weight excluding hydrogens is 322 g/mol. The van der Waals surface area contributed by atoms with Crippen LogP contribution in [0.2, 0.25) is 0 Å². The molecule has 6 nitrogen and oxygen atoms in total. The maximum absolute atomic E-state index is 12.3. The molecule has 1 heterocycles. The first-order valence-electron chi connectivity index (χ1n) is 8.10. The van der Waals surface area contributed by atoms with Gasteiger partial charge < -0.3 is 14.8 Å². The normalized spacial score (nSPS) is 12.2. The second-order valence-corrected chi connectivity index (χ2v) is 7.21. The van der Waals surface area contributed by atoms with Gasteiger partial charge in [0.1, 0.15) is 6.33 Å². The number of nitrogens with one attached hydrogen (secondary N) is 1. The van der Waals surface area contributed by atoms with Gasteiger partial charge in [-0.25, -0.2) is 0 Å². The summed E-state index contributed by atoms with van der Waals surface area (Å²) in [6, 6.07) is 8.41. The van der Waals surface area contributed by atoms with Crippen molar-refractivity contribution in [1.82, 2.24) is 14.8 Å². The molecule has 0 aliphatic carbocycles. The van der Waals surface area contributed by atoms with Gasteiger partial charge in [0.05, 0.1) is 5.25 Å². The van der Waals surface area contributed by atoms with Crippen LogP contribution in [0.5, 0.6) is 0 Å². The number of hydrogen-bond donors (Lipinski definition) is 1. The Labute approximate surface area is 147 Å². The number of hydrogen-bond acceptors (Lipinski definition) is 5. The number of benzene rings is 1. The van der Waals surface area contributed by atoms with E-state index < -0.39 is 0 Å². The van der Waals surface area contributed by atoms with Gasteiger partial charge >= 0.3 is 0 Å². The first-order valence-corrected chi connectivity index (χ1v) is 8.98. The largest absolute Gasteiger partial charge is 0.369 e. The fraction of sp³-hybridized carbons (Fsp3) is 0.471. The van der Waals surface area contributed by atoms with Gasteiger partial charge in [-0.05, 0) is 52.0 Å². The zero-order valence-electron chi connectivity index (χ0n) is 14.9. The lowest BCUT2D eigenvalue weighted by Crippen LogP contribution is -2.30. The Bertz CT molecular complexity index is 668. The van der Waals surface area contributed by atoms with Crippen molar-refractivity contribution in [2.24, 2.45) is 7.05 Å². The summed E-state index contributed by atoms with van der Waals surface area (Å²) in [5.74, 6) is -0.0491. The van der Waals surface area contributed by atoms with E-state index in [2.05, 4.69) is 41.2 Å². The van der Waals surface area contributed by atoms with Gasteiger partial charge in [0.2, 0.25) is 5.91 Å². The molecule has 0 aliphatic heterocycles. The molecule has 0 saturated heterocycles. The zero-order chi connectivity index (χ0) is 17.7. The van der Waals surface area contributed by atoms with Gasteiger partial charge in [-0.1, -0.05) is 11.8 Å². The number of thioether (sulfide) groups is 1. The highest BCUT2D eigenvalue weighted by molar-refractivity contribution is 8.00. The molecule has 0 radical (unpaired) electrons. The van der Waals surface area contributed by atoms with Gasteiger partial charge in [-0.15, -0.1) is 10.2 Å². The van der Waals surface area contributed by atoms with Gasteiger partial charge in [0.15, 0.2) is 5.16 Å². The van der Waals surface area contributed by atoms with Crippen molar-refractivity contribution in [3.63, 3.8) is 0 Å². The summed E-state index contributed by atoms with van der Waals surface area (Å²) in [7, 11) is 1.86. The van der Waals surface area contributed by atoms with E-state index >= 15 is 0 Å². The Morgan fingerprint density at radius 3 is 2.46 bits per heavy atom. The topological polar surface area (TPSA) is 63.1 Å². The Hall–Kier alpha value is -2.02. The summed E-state index contributed by atoms with van der Waals surface area (Å²) in [6.07, 6.45) is 1.62. The number of carbonyl (C=O) groups excluding carboxylic acids is 1. The summed E-state index contributed by atoms with van der Waals surface area (Å²) in [6.45, 7) is 9.30. The minimum Gasteiger partial charge on any atom is -0.369 e. The van der Waals surface area contributed by atoms with Crippen LogP contribution in [0.1, 0.15) is 27.7 Å². The van der Waals surface area contributed by atoms with E-state index in [1.165, 1.54) is 11.8 Å². The van der Waals surface area contributed by atoms with Crippen molar-refractivity contribution in [3.05, 3.63) is 30.6 Å². The number of amides is 1. The second-order valence-electron chi connectivity index (χ2n) is 5.90. The molecule has 7 heteroatoms. The Balaban J connectivity index is 1.97. The van der Waals surface area contributed by atoms with Crippen molar-refractivity contribution in [3.8, 4) is 0 Å². The Morgan fingerprint density at radius 1 is 1.29 bits per heavy atom. The Kier molecular flexibility index (Phi) is 6.25. The van der Waals surface area contributed by atoms with Crippen LogP contribution in [0.25, 0.3) is 0 Å². The molecule has 1 aromatic heterocycles. The SMILES string of the molecule is CCN(c1ccc(NC(=O)C(C)Sc2nncn2C)cc1)C(C)C. The van der Waals surface area contributed by atoms with E-state index in [0.29, 0.717) is 6.04 Å². The Morgan fingerprint density at radius 2 is 1.96 bits per heavy atom. The summed E-state index contributed by atoms with van der Waals surface area (Å²) >= 11 is 1.39. The number of aryl methyl sites for hydroxylation is 1. The highest BCUT2D eigenvalue weighted by Gasteiger charge is 2.17. The number of anilines is 2. The van der Waals surface area contributed by atoms with Gasteiger partial charge in [0, 0.05) is 31.0 Å². The highest BCUT2D eigenvalue weighted by Crippen LogP contribution is 2.23. The molecule has 1 aromatic carbocycles. The minimum atomic E-state index is -0.254. The molecule has 0 fully saturated rings. The first kappa shape index (κ1) is 18.3. The molecule has 24 heavy (non-hydrogen) atoms. The molecule has 0 aliphatic rings. The van der Waals surface area contributed by atoms with Crippen LogP contribution in [-0.2, 0) is 11.8 Å². The summed E-state index contributed by atoms with van der Waals surface area (Å²) in [5, 5.41) is 11.2. The van der Waals surface area contributed by atoms with E-state index in [-0.39, 0.29) is 11.2 Å². The van der Waals surface area contributed by atoms with Crippen LogP contribution >= 0.6 is 11.8 Å². The van der Waals surface area contributed by atoms with Crippen LogP contribution in [0.4, 0.5) is 11.4 Å². The maximum atomic E-state index is 12.3. The lowest BCUT2D eigenvalue weighted by atomic mass is 10.2. The van der Waals surface area contributed by atoms with Crippen molar-refractivity contribution >= 4 is 29.0 Å². The lowest BCUT2D eigenvalue weighted by Gasteiger charge is -2.27. The fourth-order valence-electron chi connectivity index (χ4n) is 2.42. The fourth-order valence-corrected chi connectivity index (χ4v) is 3.21. The standard InChI is InChI=1S/C17H25N5OS/c1-6-22(12(2)3)15-9-7-14(8-10-15)19-16(23)13(4)24-17-20-18-11-21(17)5/h7-13H,6H2,1-5H3,(H,19,23). The predicted molar refractivity (Wildman–Crippen MR) is 99.5 cm³/mol. The van der Waals surface area contributed by atoms with Crippen molar-refractivity contribution in [1.29, 1.82) is 0 Å². The third kappa shape index (κ3) is 4.50. The number of carbonyl (C=O) groups is 1. The smallest absolute Gasteiger partial charge is 0.237 e. The molecule has 2 aromatic rings. The van der Waals surface area contributed by atoms with Crippen molar-refractivity contribution in [2.45, 2.75) is 44.1 Å². The van der Waals surface area contributed by atoms with Crippen molar-refractivity contribution in [2.75, 3.05) is 16.8 Å². The monoisotopic (exact) mass is 347 g/mol. The molecule has 0 bridgehead atoms. The third-order valence-corrected chi connectivity index (χ3v) is 4.90. The van der Waals surface area contributed by atoms with E-state index in [1.807, 2.05) is 38.2 Å². The van der Waals surface area contributed by atoms with Crippen LogP contribution in [0.3, 0.4) is 0 Å². The minimum absolute atomic E-state index is 0.0491. The first-order chi connectivity index (χ1) is 11.4. The average Bonchev–Trinajstić information content (AvgIpc) is 2.94. The highest BCUT2D eigenvalue weighted by atomic mass is 32.2. The molecule has 1 unspecified atom stereocenters. The van der Waals surface area contributed by atoms with Gasteiger partial charge in [-0.2, -0.15) is 0 Å². The molecule has 130 valence electrons. The van der Waals surface area contributed by atoms with Crippen LogP contribution in [-0.4, -0.2) is 38.5 Å². The summed E-state index contributed by atoms with van der Waals surface area (Å²) in [4.78, 5) is 14.6. The van der Waals surface area contributed by atoms with Crippen LogP contribution in [0, 0.1) is 0 Å². The van der Waals surface area contributed by atoms with Crippen LogP contribution in [0.15, 0.2) is 35.7 Å². The molecule has 2 rings (SSSR count). The molecule has 1 amide bonds. The third-order valence-electron chi connectivity index (χ3n) is 3.75. The van der Waals surface area contributed by atoms with E-state index in [1.54, 1.807) is 10.9 Å². The number of nitrogens with zero attached hydrogens (tertiary/aromatic N) is 4. The molecule has 1 N–H and O–H groups in total. The van der Waals surface area contributed by atoms with Gasteiger partial charge in [0.25, 0.3) is 0 Å². The number of rotatable bonds is 7. The molecule has 0 saturated carbocycles. The second kappa shape index (κ2) is 8.19. The molecule has 0 spiro atoms. The van der Waals surface area contributed by atoms with Crippen LogP contribution < -0.4 is 10.2 Å². The average molecular weight is 347 g/mol. The molecular formula is C17H25N5OS. The zero-order valence-corrected chi connectivity index (χ0v) is 15.7. The quantitative estimate of drug-likeness (QED) is 0.780. The summed E-state index contributed by atoms with van der Waals surface area (Å²) in [5.41, 5.74) is 1.96. The summed E-state index contributed by atoms with van der Waals surface area (Å²) < 4.78 is 1.80. The number of aromatic nitrogens is 3. The predicted octanol–water partition coefficient (Wildman–Crippen LogP) is 3.17. The lowest BCUT2D eigenvalue weighted by molar-refractivity contribution is -0.115.